The van der Waals surface area contributed by atoms with Crippen molar-refractivity contribution in [3.8, 4) is 0 Å². The minimum atomic E-state index is -0.199. The van der Waals surface area contributed by atoms with Crippen LogP contribution in [0.2, 0.25) is 0 Å². The molecule has 2 nitrogen and oxygen atoms in total. The van der Waals surface area contributed by atoms with Gasteiger partial charge in [0.1, 0.15) is 5.82 Å². The van der Waals surface area contributed by atoms with Crippen LogP contribution in [0.4, 0.5) is 4.39 Å². The number of hydrogen-bond acceptors (Lipinski definition) is 2. The van der Waals surface area contributed by atoms with E-state index in [1.165, 1.54) is 0 Å². The van der Waals surface area contributed by atoms with Crippen molar-refractivity contribution in [2.24, 2.45) is 0 Å². The topological polar surface area (TPSA) is 21.3 Å². The summed E-state index contributed by atoms with van der Waals surface area (Å²) in [6, 6.07) is 5.29. The van der Waals surface area contributed by atoms with E-state index >= 15 is 0 Å². The van der Waals surface area contributed by atoms with Crippen molar-refractivity contribution >= 4 is 15.9 Å². The molecule has 1 saturated heterocycles. The molecule has 0 amide bonds. The molecule has 0 aliphatic carbocycles. The lowest BCUT2D eigenvalue weighted by Gasteiger charge is -2.24. The molecule has 2 rings (SSSR count). The van der Waals surface area contributed by atoms with E-state index in [1.54, 1.807) is 12.1 Å². The van der Waals surface area contributed by atoms with E-state index < -0.39 is 0 Å². The second-order valence-corrected chi connectivity index (χ2v) is 4.08. The normalized spacial score (nSPS) is 22.3. The van der Waals surface area contributed by atoms with E-state index in [1.807, 2.05) is 6.07 Å². The molecule has 1 aliphatic rings. The molecule has 14 heavy (non-hydrogen) atoms. The predicted octanol–water partition coefficient (Wildman–Crippen LogP) is 2.25. The molecule has 0 bridgehead atoms. The van der Waals surface area contributed by atoms with Gasteiger partial charge in [-0.05, 0) is 22.0 Å². The molecule has 0 aromatic heterocycles. The summed E-state index contributed by atoms with van der Waals surface area (Å²) >= 11 is 3.17. The summed E-state index contributed by atoms with van der Waals surface area (Å²) in [5, 5.41) is 3.22. The van der Waals surface area contributed by atoms with Crippen molar-refractivity contribution in [2.75, 3.05) is 19.8 Å². The minimum absolute atomic E-state index is 0.0266. The Morgan fingerprint density at radius 1 is 1.50 bits per heavy atom. The van der Waals surface area contributed by atoms with Gasteiger partial charge in [-0.25, -0.2) is 4.39 Å². The molecule has 1 atom stereocenters. The first-order valence-corrected chi connectivity index (χ1v) is 5.33. The maximum Gasteiger partial charge on any atom is 0.142 e. The van der Waals surface area contributed by atoms with E-state index in [-0.39, 0.29) is 11.9 Å². The Balaban J connectivity index is 2.26. The average Bonchev–Trinajstić information content (AvgIpc) is 2.23. The second kappa shape index (κ2) is 4.38. The molecule has 0 radical (unpaired) electrons. The number of nitrogens with one attached hydrogen (secondary N) is 1. The van der Waals surface area contributed by atoms with Crippen LogP contribution in [0.25, 0.3) is 0 Å². The first kappa shape index (κ1) is 10.1. The van der Waals surface area contributed by atoms with Gasteiger partial charge in [0.25, 0.3) is 0 Å². The van der Waals surface area contributed by atoms with Crippen molar-refractivity contribution < 1.29 is 9.13 Å². The number of benzene rings is 1. The zero-order valence-corrected chi connectivity index (χ0v) is 9.18. The summed E-state index contributed by atoms with van der Waals surface area (Å²) in [6.45, 7) is 2.01. The highest BCUT2D eigenvalue weighted by Gasteiger charge is 2.19. The van der Waals surface area contributed by atoms with Crippen LogP contribution >= 0.6 is 15.9 Å². The first-order chi connectivity index (χ1) is 6.79. The van der Waals surface area contributed by atoms with Crippen LogP contribution in [0.15, 0.2) is 22.7 Å². The Kier molecular flexibility index (Phi) is 3.15. The van der Waals surface area contributed by atoms with E-state index in [0.717, 1.165) is 6.54 Å². The predicted molar refractivity (Wildman–Crippen MR) is 55.7 cm³/mol. The molecule has 1 heterocycles. The third-order valence-electron chi connectivity index (χ3n) is 2.28. The quantitative estimate of drug-likeness (QED) is 0.836. The monoisotopic (exact) mass is 259 g/mol. The Morgan fingerprint density at radius 3 is 3.07 bits per heavy atom. The van der Waals surface area contributed by atoms with Crippen molar-refractivity contribution in [3.63, 3.8) is 0 Å². The van der Waals surface area contributed by atoms with Gasteiger partial charge in [-0.1, -0.05) is 12.1 Å². The largest absolute Gasteiger partial charge is 0.378 e. The molecular weight excluding hydrogens is 249 g/mol. The van der Waals surface area contributed by atoms with Gasteiger partial charge in [-0.3, -0.25) is 0 Å². The number of morpholine rings is 1. The molecule has 1 N–H and O–H groups in total. The molecular formula is C10H11BrFNO. The smallest absolute Gasteiger partial charge is 0.142 e. The van der Waals surface area contributed by atoms with Crippen molar-refractivity contribution in [1.82, 2.24) is 5.32 Å². The zero-order chi connectivity index (χ0) is 9.97. The molecule has 1 aliphatic heterocycles. The summed E-state index contributed by atoms with van der Waals surface area (Å²) in [5.74, 6) is -0.199. The van der Waals surface area contributed by atoms with Gasteiger partial charge in [-0.2, -0.15) is 0 Å². The van der Waals surface area contributed by atoms with Crippen LogP contribution < -0.4 is 5.32 Å². The first-order valence-electron chi connectivity index (χ1n) is 4.54. The fourth-order valence-corrected chi connectivity index (χ4v) is 1.94. The van der Waals surface area contributed by atoms with Crippen LogP contribution in [0.5, 0.6) is 0 Å². The molecule has 0 unspecified atom stereocenters. The average molecular weight is 260 g/mol. The standard InChI is InChI=1S/C10H11BrFNO/c11-8-3-1-2-7(10(8)12)9-6-14-5-4-13-9/h1-3,9,13H,4-6H2/t9-/m0/s1. The van der Waals surface area contributed by atoms with Crippen LogP contribution in [-0.4, -0.2) is 19.8 Å². The Morgan fingerprint density at radius 2 is 2.36 bits per heavy atom. The summed E-state index contributed by atoms with van der Waals surface area (Å²) in [5.41, 5.74) is 0.666. The zero-order valence-electron chi connectivity index (χ0n) is 7.59. The SMILES string of the molecule is Fc1c(Br)cccc1[C@@H]1COCCN1. The highest BCUT2D eigenvalue weighted by Crippen LogP contribution is 2.24. The number of halogens is 2. The van der Waals surface area contributed by atoms with Gasteiger partial charge >= 0.3 is 0 Å². The highest BCUT2D eigenvalue weighted by molar-refractivity contribution is 9.10. The van der Waals surface area contributed by atoms with Crippen molar-refractivity contribution in [2.45, 2.75) is 6.04 Å². The summed E-state index contributed by atoms with van der Waals surface area (Å²) in [4.78, 5) is 0. The summed E-state index contributed by atoms with van der Waals surface area (Å²) < 4.78 is 19.4. The lowest BCUT2D eigenvalue weighted by atomic mass is 10.1. The Labute approximate surface area is 90.6 Å². The van der Waals surface area contributed by atoms with E-state index in [4.69, 9.17) is 4.74 Å². The number of rotatable bonds is 1. The van der Waals surface area contributed by atoms with Crippen LogP contribution in [0.1, 0.15) is 11.6 Å². The van der Waals surface area contributed by atoms with E-state index in [2.05, 4.69) is 21.2 Å². The fraction of sp³-hybridized carbons (Fsp3) is 0.400. The highest BCUT2D eigenvalue weighted by atomic mass is 79.9. The molecule has 0 saturated carbocycles. The fourth-order valence-electron chi connectivity index (χ4n) is 1.55. The number of ether oxygens (including phenoxy) is 1. The van der Waals surface area contributed by atoms with Gasteiger partial charge in [0.2, 0.25) is 0 Å². The molecule has 4 heteroatoms. The second-order valence-electron chi connectivity index (χ2n) is 3.22. The number of hydrogen-bond donors (Lipinski definition) is 1. The lowest BCUT2D eigenvalue weighted by Crippen LogP contribution is -2.35. The Hall–Kier alpha value is -0.450. The van der Waals surface area contributed by atoms with Crippen molar-refractivity contribution in [1.29, 1.82) is 0 Å². The van der Waals surface area contributed by atoms with Crippen LogP contribution in [0.3, 0.4) is 0 Å². The van der Waals surface area contributed by atoms with Crippen LogP contribution in [-0.2, 0) is 4.74 Å². The minimum Gasteiger partial charge on any atom is -0.378 e. The van der Waals surface area contributed by atoms with Gasteiger partial charge in [0, 0.05) is 12.1 Å². The van der Waals surface area contributed by atoms with Crippen molar-refractivity contribution in [3.05, 3.63) is 34.1 Å². The summed E-state index contributed by atoms with van der Waals surface area (Å²) in [7, 11) is 0. The van der Waals surface area contributed by atoms with Gasteiger partial charge in [-0.15, -0.1) is 0 Å². The van der Waals surface area contributed by atoms with Gasteiger partial charge in [0.05, 0.1) is 23.7 Å². The maximum atomic E-state index is 13.6. The van der Waals surface area contributed by atoms with E-state index in [9.17, 15) is 4.39 Å². The maximum absolute atomic E-state index is 13.6. The van der Waals surface area contributed by atoms with Gasteiger partial charge < -0.3 is 10.1 Å². The summed E-state index contributed by atoms with van der Waals surface area (Å²) in [6.07, 6.45) is 0. The molecule has 1 aromatic carbocycles. The molecule has 1 fully saturated rings. The van der Waals surface area contributed by atoms with Crippen LogP contribution in [0, 0.1) is 5.82 Å². The third kappa shape index (κ3) is 1.97. The third-order valence-corrected chi connectivity index (χ3v) is 2.89. The molecule has 1 aromatic rings. The molecule has 76 valence electrons. The van der Waals surface area contributed by atoms with Gasteiger partial charge in [0.15, 0.2) is 0 Å². The Bertz CT molecular complexity index is 326. The lowest BCUT2D eigenvalue weighted by molar-refractivity contribution is 0.0757. The molecule has 0 spiro atoms. The van der Waals surface area contributed by atoms with E-state index in [0.29, 0.717) is 23.2 Å².